The van der Waals surface area contributed by atoms with Crippen LogP contribution in [0.5, 0.6) is 0 Å². The quantitative estimate of drug-likeness (QED) is 0.300. The maximum absolute atomic E-state index is 11.0. The average molecular weight is 366 g/mol. The van der Waals surface area contributed by atoms with Crippen LogP contribution in [0.25, 0.3) is 0 Å². The summed E-state index contributed by atoms with van der Waals surface area (Å²) in [5.74, 6) is -0.823. The molecule has 4 nitrogen and oxygen atoms in total. The Bertz CT molecular complexity index is 567. The standard InChI is InChI=1S/C20H31NO3S/c1-15(2)8-6-9-16(3)10-7-11-17(4)12-13-25-14-19(20(23)24)21-18(5)22/h8,10,12,14H,6-7,9,11,13H2,1-5H3,(H,21,22)(H,23,24). The van der Waals surface area contributed by atoms with E-state index in [2.05, 4.69) is 51.2 Å². The van der Waals surface area contributed by atoms with E-state index in [9.17, 15) is 9.59 Å². The summed E-state index contributed by atoms with van der Waals surface area (Å²) >= 11 is 1.36. The van der Waals surface area contributed by atoms with Crippen molar-refractivity contribution in [2.75, 3.05) is 5.75 Å². The van der Waals surface area contributed by atoms with Gasteiger partial charge in [0.2, 0.25) is 5.91 Å². The third-order valence-electron chi connectivity index (χ3n) is 3.39. The number of carbonyl (C=O) groups excluding carboxylic acids is 1. The van der Waals surface area contributed by atoms with Crippen LogP contribution in [0.3, 0.4) is 0 Å². The zero-order valence-electron chi connectivity index (χ0n) is 16.0. The van der Waals surface area contributed by atoms with Crippen molar-refractivity contribution in [2.45, 2.75) is 60.3 Å². The lowest BCUT2D eigenvalue weighted by atomic mass is 10.1. The molecule has 0 saturated heterocycles. The number of hydrogen-bond acceptors (Lipinski definition) is 3. The predicted octanol–water partition coefficient (Wildman–Crippen LogP) is 5.20. The SMILES string of the molecule is CC(=O)NC(=CSCC=C(C)CCC=C(C)CCC=C(C)C)C(=O)O. The maximum Gasteiger partial charge on any atom is 0.352 e. The summed E-state index contributed by atoms with van der Waals surface area (Å²) in [5, 5.41) is 12.7. The molecule has 0 atom stereocenters. The Balaban J connectivity index is 4.22. The van der Waals surface area contributed by atoms with Gasteiger partial charge in [0.15, 0.2) is 0 Å². The molecule has 1 amide bonds. The van der Waals surface area contributed by atoms with Crippen molar-refractivity contribution < 1.29 is 14.7 Å². The normalized spacial score (nSPS) is 12.8. The van der Waals surface area contributed by atoms with Crippen LogP contribution in [0.2, 0.25) is 0 Å². The monoisotopic (exact) mass is 365 g/mol. The summed E-state index contributed by atoms with van der Waals surface area (Å²) in [4.78, 5) is 21.9. The van der Waals surface area contributed by atoms with Crippen molar-refractivity contribution in [3.63, 3.8) is 0 Å². The first kappa shape index (κ1) is 23.2. The third-order valence-corrected chi connectivity index (χ3v) is 4.15. The fraction of sp³-hybridized carbons (Fsp3) is 0.500. The molecule has 0 unspecified atom stereocenters. The van der Waals surface area contributed by atoms with Crippen LogP contribution in [0, 0.1) is 0 Å². The molecule has 0 spiro atoms. The lowest BCUT2D eigenvalue weighted by Gasteiger charge is -2.03. The molecule has 0 aliphatic heterocycles. The first-order chi connectivity index (χ1) is 11.7. The van der Waals surface area contributed by atoms with E-state index in [0.29, 0.717) is 5.75 Å². The maximum atomic E-state index is 11.0. The van der Waals surface area contributed by atoms with E-state index in [1.54, 1.807) is 0 Å². The largest absolute Gasteiger partial charge is 0.477 e. The second kappa shape index (κ2) is 13.5. The Kier molecular flexibility index (Phi) is 12.6. The number of thioether (sulfide) groups is 1. The number of nitrogens with one attached hydrogen (secondary N) is 1. The highest BCUT2D eigenvalue weighted by Gasteiger charge is 2.07. The van der Waals surface area contributed by atoms with Gasteiger partial charge in [-0.15, -0.1) is 11.8 Å². The van der Waals surface area contributed by atoms with Gasteiger partial charge in [0.25, 0.3) is 0 Å². The molecular formula is C20H31NO3S. The predicted molar refractivity (Wildman–Crippen MR) is 107 cm³/mol. The smallest absolute Gasteiger partial charge is 0.352 e. The summed E-state index contributed by atoms with van der Waals surface area (Å²) in [5.41, 5.74) is 3.98. The molecule has 0 aliphatic carbocycles. The number of aliphatic carboxylic acids is 1. The van der Waals surface area contributed by atoms with Gasteiger partial charge in [-0.3, -0.25) is 4.79 Å². The minimum atomic E-state index is -1.13. The lowest BCUT2D eigenvalue weighted by molar-refractivity contribution is -0.134. The van der Waals surface area contributed by atoms with Crippen molar-refractivity contribution >= 4 is 23.6 Å². The van der Waals surface area contributed by atoms with Crippen molar-refractivity contribution in [1.82, 2.24) is 5.32 Å². The Labute approximate surface area is 156 Å². The van der Waals surface area contributed by atoms with Crippen molar-refractivity contribution in [1.29, 1.82) is 0 Å². The molecule has 0 aliphatic rings. The van der Waals surface area contributed by atoms with Gasteiger partial charge in [-0.05, 0) is 53.4 Å². The molecule has 140 valence electrons. The van der Waals surface area contributed by atoms with Gasteiger partial charge >= 0.3 is 5.97 Å². The Hall–Kier alpha value is -1.75. The summed E-state index contributed by atoms with van der Waals surface area (Å²) < 4.78 is 0. The van der Waals surface area contributed by atoms with E-state index >= 15 is 0 Å². The molecule has 0 saturated carbocycles. The molecule has 0 fully saturated rings. The fourth-order valence-electron chi connectivity index (χ4n) is 1.98. The summed E-state index contributed by atoms with van der Waals surface area (Å²) in [7, 11) is 0. The molecule has 0 rings (SSSR count). The zero-order chi connectivity index (χ0) is 19.2. The average Bonchev–Trinajstić information content (AvgIpc) is 2.49. The van der Waals surface area contributed by atoms with Crippen LogP contribution in [-0.4, -0.2) is 22.7 Å². The van der Waals surface area contributed by atoms with Gasteiger partial charge in [0.1, 0.15) is 5.70 Å². The molecule has 0 aromatic carbocycles. The van der Waals surface area contributed by atoms with E-state index in [4.69, 9.17) is 5.11 Å². The molecule has 0 radical (unpaired) electrons. The van der Waals surface area contributed by atoms with Crippen LogP contribution in [0.15, 0.2) is 46.1 Å². The molecule has 25 heavy (non-hydrogen) atoms. The molecule has 0 bridgehead atoms. The van der Waals surface area contributed by atoms with E-state index in [1.165, 1.54) is 40.8 Å². The van der Waals surface area contributed by atoms with Crippen molar-refractivity contribution in [2.24, 2.45) is 0 Å². The highest BCUT2D eigenvalue weighted by atomic mass is 32.2. The van der Waals surface area contributed by atoms with Crippen LogP contribution in [0.4, 0.5) is 0 Å². The Morgan fingerprint density at radius 3 is 2.00 bits per heavy atom. The first-order valence-electron chi connectivity index (χ1n) is 8.49. The third kappa shape index (κ3) is 14.3. The zero-order valence-corrected chi connectivity index (χ0v) is 16.8. The topological polar surface area (TPSA) is 66.4 Å². The molecule has 0 heterocycles. The van der Waals surface area contributed by atoms with Gasteiger partial charge < -0.3 is 10.4 Å². The second-order valence-corrected chi connectivity index (χ2v) is 7.21. The first-order valence-corrected chi connectivity index (χ1v) is 9.54. The fourth-order valence-corrected chi connectivity index (χ4v) is 2.79. The molecule has 2 N–H and O–H groups in total. The lowest BCUT2D eigenvalue weighted by Crippen LogP contribution is -2.24. The van der Waals surface area contributed by atoms with Crippen LogP contribution >= 0.6 is 11.8 Å². The van der Waals surface area contributed by atoms with Crippen LogP contribution < -0.4 is 5.32 Å². The van der Waals surface area contributed by atoms with E-state index in [-0.39, 0.29) is 11.6 Å². The van der Waals surface area contributed by atoms with Gasteiger partial charge in [0.05, 0.1) is 0 Å². The van der Waals surface area contributed by atoms with Gasteiger partial charge in [0, 0.05) is 18.1 Å². The number of amides is 1. The summed E-state index contributed by atoms with van der Waals surface area (Å²) in [6, 6.07) is 0. The molecular weight excluding hydrogens is 334 g/mol. The van der Waals surface area contributed by atoms with Crippen LogP contribution in [-0.2, 0) is 9.59 Å². The number of carboxylic acids is 1. The van der Waals surface area contributed by atoms with Crippen molar-refractivity contribution in [3.05, 3.63) is 46.1 Å². The second-order valence-electron chi connectivity index (χ2n) is 6.31. The Morgan fingerprint density at radius 2 is 1.48 bits per heavy atom. The van der Waals surface area contributed by atoms with Gasteiger partial charge in [-0.25, -0.2) is 4.79 Å². The Morgan fingerprint density at radius 1 is 0.920 bits per heavy atom. The van der Waals surface area contributed by atoms with Gasteiger partial charge in [-0.1, -0.05) is 34.9 Å². The number of carbonyl (C=O) groups is 2. The number of hydrogen-bond donors (Lipinski definition) is 2. The number of carboxylic acid groups (broad SMARTS) is 1. The number of allylic oxidation sites excluding steroid dienone is 5. The number of rotatable bonds is 11. The van der Waals surface area contributed by atoms with Crippen molar-refractivity contribution in [3.8, 4) is 0 Å². The van der Waals surface area contributed by atoms with Crippen LogP contribution in [0.1, 0.15) is 60.3 Å². The molecule has 0 aromatic heterocycles. The van der Waals surface area contributed by atoms with Gasteiger partial charge in [-0.2, -0.15) is 0 Å². The summed E-state index contributed by atoms with van der Waals surface area (Å²) in [6.07, 6.45) is 10.9. The highest BCUT2D eigenvalue weighted by Crippen LogP contribution is 2.13. The van der Waals surface area contributed by atoms with E-state index < -0.39 is 5.97 Å². The van der Waals surface area contributed by atoms with E-state index in [1.807, 2.05) is 0 Å². The molecule has 5 heteroatoms. The minimum absolute atomic E-state index is 0.0847. The van der Waals surface area contributed by atoms with E-state index in [0.717, 1.165) is 25.7 Å². The highest BCUT2D eigenvalue weighted by molar-refractivity contribution is 8.02. The summed E-state index contributed by atoms with van der Waals surface area (Å²) in [6.45, 7) is 9.79. The molecule has 0 aromatic rings. The minimum Gasteiger partial charge on any atom is -0.477 e.